The Hall–Kier alpha value is -2.49. The van der Waals surface area contributed by atoms with Crippen LogP contribution in [0.25, 0.3) is 0 Å². The summed E-state index contributed by atoms with van der Waals surface area (Å²) in [6, 6.07) is 12.2. The van der Waals surface area contributed by atoms with Crippen LogP contribution in [-0.2, 0) is 12.8 Å². The molecule has 0 saturated carbocycles. The van der Waals surface area contributed by atoms with Gasteiger partial charge in [0.15, 0.2) is 0 Å². The summed E-state index contributed by atoms with van der Waals surface area (Å²) >= 11 is 0. The summed E-state index contributed by atoms with van der Waals surface area (Å²) in [4.78, 5) is 12.1. The van der Waals surface area contributed by atoms with Crippen LogP contribution < -0.4 is 10.6 Å². The van der Waals surface area contributed by atoms with E-state index in [9.17, 15) is 9.90 Å². The second-order valence-corrected chi connectivity index (χ2v) is 4.79. The molecule has 0 radical (unpaired) electrons. The minimum absolute atomic E-state index is 0.121. The smallest absolute Gasteiger partial charge is 0.323 e. The van der Waals surface area contributed by atoms with E-state index in [-0.39, 0.29) is 11.8 Å². The number of phenolic OH excluding ortho intramolecular Hbond substituents is 1. The fourth-order valence-corrected chi connectivity index (χ4v) is 2.26. The lowest BCUT2D eigenvalue weighted by molar-refractivity contribution is 0.262. The molecule has 4 heteroatoms. The second kappa shape index (κ2) is 6.79. The third-order valence-electron chi connectivity index (χ3n) is 3.34. The number of rotatable bonds is 4. The highest BCUT2D eigenvalue weighted by Crippen LogP contribution is 2.23. The van der Waals surface area contributed by atoms with E-state index < -0.39 is 0 Å². The predicted octanol–water partition coefficient (Wildman–Crippen LogP) is 4.16. The van der Waals surface area contributed by atoms with E-state index in [0.29, 0.717) is 5.69 Å². The number of amides is 2. The summed E-state index contributed by atoms with van der Waals surface area (Å²) in [6.07, 6.45) is 1.71. The molecular formula is C17H20N2O2. The number of carbonyl (C=O) groups excluding carboxylic acids is 1. The van der Waals surface area contributed by atoms with Crippen LogP contribution in [0.1, 0.15) is 25.0 Å². The van der Waals surface area contributed by atoms with Crippen LogP contribution >= 0.6 is 0 Å². The molecule has 0 aliphatic rings. The van der Waals surface area contributed by atoms with Crippen molar-refractivity contribution in [2.45, 2.75) is 26.7 Å². The Bertz CT molecular complexity index is 616. The van der Waals surface area contributed by atoms with Gasteiger partial charge in [-0.1, -0.05) is 38.1 Å². The average Bonchev–Trinajstić information content (AvgIpc) is 2.47. The Morgan fingerprint density at radius 3 is 2.19 bits per heavy atom. The number of aryl methyl sites for hydroxylation is 2. The van der Waals surface area contributed by atoms with Gasteiger partial charge in [-0.05, 0) is 36.1 Å². The molecule has 110 valence electrons. The van der Waals surface area contributed by atoms with E-state index in [1.807, 2.05) is 18.2 Å². The molecule has 0 aromatic heterocycles. The monoisotopic (exact) mass is 284 g/mol. The number of para-hydroxylation sites is 1. The molecule has 2 aromatic rings. The number of nitrogens with one attached hydrogen (secondary N) is 2. The Balaban J connectivity index is 2.16. The minimum atomic E-state index is -0.309. The highest BCUT2D eigenvalue weighted by atomic mass is 16.3. The number of hydrogen-bond acceptors (Lipinski definition) is 2. The summed E-state index contributed by atoms with van der Waals surface area (Å²) < 4.78 is 0. The lowest BCUT2D eigenvalue weighted by Crippen LogP contribution is -2.21. The van der Waals surface area contributed by atoms with E-state index in [4.69, 9.17) is 0 Å². The lowest BCUT2D eigenvalue weighted by atomic mass is 10.0. The highest BCUT2D eigenvalue weighted by Gasteiger charge is 2.10. The molecule has 3 N–H and O–H groups in total. The van der Waals surface area contributed by atoms with Crippen molar-refractivity contribution in [3.63, 3.8) is 0 Å². The zero-order valence-corrected chi connectivity index (χ0v) is 12.3. The minimum Gasteiger partial charge on any atom is -0.508 e. The van der Waals surface area contributed by atoms with Crippen LogP contribution in [0.5, 0.6) is 5.75 Å². The van der Waals surface area contributed by atoms with Gasteiger partial charge in [0.2, 0.25) is 0 Å². The highest BCUT2D eigenvalue weighted by molar-refractivity contribution is 6.00. The first-order valence-electron chi connectivity index (χ1n) is 7.11. The largest absolute Gasteiger partial charge is 0.508 e. The molecule has 0 saturated heterocycles. The first-order valence-corrected chi connectivity index (χ1v) is 7.11. The molecule has 2 rings (SSSR count). The third-order valence-corrected chi connectivity index (χ3v) is 3.34. The van der Waals surface area contributed by atoms with Crippen LogP contribution in [0.2, 0.25) is 0 Å². The van der Waals surface area contributed by atoms with Gasteiger partial charge < -0.3 is 15.7 Å². The number of phenols is 1. The van der Waals surface area contributed by atoms with Crippen molar-refractivity contribution in [1.82, 2.24) is 0 Å². The Labute approximate surface area is 124 Å². The van der Waals surface area contributed by atoms with E-state index in [1.54, 1.807) is 18.2 Å². The second-order valence-electron chi connectivity index (χ2n) is 4.79. The maximum Gasteiger partial charge on any atom is 0.323 e. The topological polar surface area (TPSA) is 61.4 Å². The van der Waals surface area contributed by atoms with Gasteiger partial charge in [0.05, 0.1) is 0 Å². The summed E-state index contributed by atoms with van der Waals surface area (Å²) in [5.74, 6) is 0.121. The first kappa shape index (κ1) is 14.9. The lowest BCUT2D eigenvalue weighted by Gasteiger charge is -2.15. The van der Waals surface area contributed by atoms with Crippen molar-refractivity contribution in [3.8, 4) is 5.75 Å². The van der Waals surface area contributed by atoms with Crippen molar-refractivity contribution in [2.75, 3.05) is 10.6 Å². The zero-order chi connectivity index (χ0) is 15.2. The molecule has 0 spiro atoms. The van der Waals surface area contributed by atoms with Crippen LogP contribution in [0, 0.1) is 0 Å². The molecule has 0 atom stereocenters. The number of aromatic hydroxyl groups is 1. The van der Waals surface area contributed by atoms with E-state index >= 15 is 0 Å². The average molecular weight is 284 g/mol. The van der Waals surface area contributed by atoms with Gasteiger partial charge in [0.1, 0.15) is 5.75 Å². The summed E-state index contributed by atoms with van der Waals surface area (Å²) in [5.41, 5.74) is 3.65. The molecule has 2 amide bonds. The van der Waals surface area contributed by atoms with Gasteiger partial charge in [0, 0.05) is 17.4 Å². The molecule has 0 unspecified atom stereocenters. The van der Waals surface area contributed by atoms with E-state index in [0.717, 1.165) is 29.7 Å². The zero-order valence-electron chi connectivity index (χ0n) is 12.3. The van der Waals surface area contributed by atoms with Crippen LogP contribution in [0.15, 0.2) is 42.5 Å². The van der Waals surface area contributed by atoms with Crippen LogP contribution in [0.3, 0.4) is 0 Å². The molecule has 0 fully saturated rings. The number of hydrogen-bond donors (Lipinski definition) is 3. The fourth-order valence-electron chi connectivity index (χ4n) is 2.26. The number of anilines is 2. The van der Waals surface area contributed by atoms with Crippen molar-refractivity contribution < 1.29 is 9.90 Å². The number of benzene rings is 2. The molecule has 2 aromatic carbocycles. The molecule has 4 nitrogen and oxygen atoms in total. The predicted molar refractivity (Wildman–Crippen MR) is 85.9 cm³/mol. The van der Waals surface area contributed by atoms with Gasteiger partial charge in [-0.3, -0.25) is 0 Å². The van der Waals surface area contributed by atoms with Crippen LogP contribution in [-0.4, -0.2) is 11.1 Å². The van der Waals surface area contributed by atoms with Gasteiger partial charge in [-0.25, -0.2) is 4.79 Å². The number of carbonyl (C=O) groups is 1. The number of urea groups is 1. The van der Waals surface area contributed by atoms with Crippen molar-refractivity contribution in [1.29, 1.82) is 0 Å². The van der Waals surface area contributed by atoms with Crippen molar-refractivity contribution in [2.24, 2.45) is 0 Å². The maximum absolute atomic E-state index is 12.1. The van der Waals surface area contributed by atoms with Gasteiger partial charge in [-0.2, -0.15) is 0 Å². The molecule has 0 bridgehead atoms. The van der Waals surface area contributed by atoms with Crippen LogP contribution in [0.4, 0.5) is 16.2 Å². The van der Waals surface area contributed by atoms with E-state index in [1.165, 1.54) is 6.07 Å². The van der Waals surface area contributed by atoms with Gasteiger partial charge in [0.25, 0.3) is 0 Å². The standard InChI is InChI=1S/C17H20N2O2/c1-3-12-7-5-8-13(4-2)16(12)19-17(21)18-14-9-6-10-15(20)11-14/h5-11,20H,3-4H2,1-2H3,(H2,18,19,21). The van der Waals surface area contributed by atoms with Gasteiger partial charge >= 0.3 is 6.03 Å². The maximum atomic E-state index is 12.1. The molecule has 0 heterocycles. The normalized spacial score (nSPS) is 10.2. The quantitative estimate of drug-likeness (QED) is 0.789. The molecule has 21 heavy (non-hydrogen) atoms. The Morgan fingerprint density at radius 2 is 1.62 bits per heavy atom. The SMILES string of the molecule is CCc1cccc(CC)c1NC(=O)Nc1cccc(O)c1. The molecule has 0 aliphatic heterocycles. The Kier molecular flexibility index (Phi) is 4.82. The third kappa shape index (κ3) is 3.75. The van der Waals surface area contributed by atoms with Crippen molar-refractivity contribution in [3.05, 3.63) is 53.6 Å². The summed E-state index contributed by atoms with van der Waals surface area (Å²) in [6.45, 7) is 4.13. The van der Waals surface area contributed by atoms with E-state index in [2.05, 4.69) is 24.5 Å². The van der Waals surface area contributed by atoms with Crippen molar-refractivity contribution >= 4 is 17.4 Å². The summed E-state index contributed by atoms with van der Waals surface area (Å²) in [7, 11) is 0. The first-order chi connectivity index (χ1) is 10.1. The summed E-state index contributed by atoms with van der Waals surface area (Å²) in [5, 5.41) is 15.0. The molecule has 0 aliphatic carbocycles. The van der Waals surface area contributed by atoms with Gasteiger partial charge in [-0.15, -0.1) is 0 Å². The molecular weight excluding hydrogens is 264 g/mol. The fraction of sp³-hybridized carbons (Fsp3) is 0.235. The Morgan fingerprint density at radius 1 is 1.00 bits per heavy atom.